The predicted molar refractivity (Wildman–Crippen MR) is 107 cm³/mol. The van der Waals surface area contributed by atoms with Gasteiger partial charge < -0.3 is 4.42 Å². The van der Waals surface area contributed by atoms with E-state index in [1.54, 1.807) is 28.8 Å². The van der Waals surface area contributed by atoms with Crippen LogP contribution >= 0.6 is 11.8 Å². The highest BCUT2D eigenvalue weighted by Crippen LogP contribution is 2.29. The van der Waals surface area contributed by atoms with Crippen LogP contribution in [-0.2, 0) is 0 Å². The molecular weight excluding hydrogens is 411 g/mol. The third-order valence-corrected chi connectivity index (χ3v) is 5.10. The Morgan fingerprint density at radius 2 is 1.93 bits per heavy atom. The molecule has 0 saturated carbocycles. The summed E-state index contributed by atoms with van der Waals surface area (Å²) in [5, 5.41) is 19.6. The van der Waals surface area contributed by atoms with Crippen LogP contribution in [0.2, 0.25) is 0 Å². The van der Waals surface area contributed by atoms with Gasteiger partial charge in [0.05, 0.1) is 22.6 Å². The molecule has 0 spiro atoms. The van der Waals surface area contributed by atoms with Crippen molar-refractivity contribution in [2.45, 2.75) is 5.16 Å². The average Bonchev–Trinajstić information content (AvgIpc) is 3.42. The number of nitrogens with zero attached hydrogens (tertiary/aromatic N) is 4. The number of furan rings is 1. The second-order valence-corrected chi connectivity index (χ2v) is 7.06. The van der Waals surface area contributed by atoms with Crippen LogP contribution in [0.1, 0.15) is 10.4 Å². The van der Waals surface area contributed by atoms with Gasteiger partial charge in [0.2, 0.25) is 5.82 Å². The summed E-state index contributed by atoms with van der Waals surface area (Å²) in [6, 6.07) is 14.7. The van der Waals surface area contributed by atoms with Crippen LogP contribution in [0.4, 0.5) is 10.1 Å². The number of aromatic nitrogens is 3. The Bertz CT molecular complexity index is 1210. The third-order valence-electron chi connectivity index (χ3n) is 4.17. The molecule has 0 N–H and O–H groups in total. The first-order chi connectivity index (χ1) is 14.5. The molecule has 0 aliphatic rings. The van der Waals surface area contributed by atoms with Gasteiger partial charge in [-0.25, -0.2) is 4.39 Å². The predicted octanol–water partition coefficient (Wildman–Crippen LogP) is 4.55. The number of hydrogen-bond donors (Lipinski definition) is 0. The number of carbonyl (C=O) groups excluding carboxylic acids is 1. The number of benzene rings is 2. The van der Waals surface area contributed by atoms with Crippen molar-refractivity contribution in [1.29, 1.82) is 0 Å². The van der Waals surface area contributed by atoms with Gasteiger partial charge in [-0.15, -0.1) is 10.2 Å². The molecule has 4 rings (SSSR count). The van der Waals surface area contributed by atoms with E-state index in [1.807, 2.05) is 0 Å². The van der Waals surface area contributed by atoms with Crippen LogP contribution in [0.15, 0.2) is 76.5 Å². The number of Topliss-reactive ketones (excluding diaryl/α,β-unsaturated/α-hetero) is 1. The summed E-state index contributed by atoms with van der Waals surface area (Å²) in [6.07, 6.45) is 1.50. The number of hydrogen-bond acceptors (Lipinski definition) is 7. The fourth-order valence-electron chi connectivity index (χ4n) is 2.76. The summed E-state index contributed by atoms with van der Waals surface area (Å²) in [5.41, 5.74) is 0.675. The molecule has 150 valence electrons. The molecule has 2 aromatic carbocycles. The summed E-state index contributed by atoms with van der Waals surface area (Å²) in [5.74, 6) is 0.164. The minimum absolute atomic E-state index is 0.0152. The van der Waals surface area contributed by atoms with Crippen molar-refractivity contribution in [3.8, 4) is 17.3 Å². The molecule has 10 heteroatoms. The number of rotatable bonds is 7. The summed E-state index contributed by atoms with van der Waals surface area (Å²) in [7, 11) is 0. The average molecular weight is 424 g/mol. The maximum atomic E-state index is 13.4. The second kappa shape index (κ2) is 8.29. The largest absolute Gasteiger partial charge is 0.461 e. The number of nitro benzene ring substituents is 1. The molecule has 0 aliphatic carbocycles. The molecule has 8 nitrogen and oxygen atoms in total. The second-order valence-electron chi connectivity index (χ2n) is 6.11. The van der Waals surface area contributed by atoms with E-state index in [-0.39, 0.29) is 28.6 Å². The van der Waals surface area contributed by atoms with Crippen molar-refractivity contribution in [2.24, 2.45) is 0 Å². The quantitative estimate of drug-likeness (QED) is 0.185. The molecule has 0 aliphatic heterocycles. The van der Waals surface area contributed by atoms with Gasteiger partial charge in [0.25, 0.3) is 5.69 Å². The Labute approximate surface area is 173 Å². The zero-order valence-corrected chi connectivity index (χ0v) is 16.1. The van der Waals surface area contributed by atoms with Crippen molar-refractivity contribution in [2.75, 3.05) is 5.75 Å². The molecule has 0 fully saturated rings. The Balaban J connectivity index is 1.63. The first-order valence-electron chi connectivity index (χ1n) is 8.68. The Kier molecular flexibility index (Phi) is 5.40. The van der Waals surface area contributed by atoms with Crippen LogP contribution in [0.3, 0.4) is 0 Å². The molecule has 0 unspecified atom stereocenters. The van der Waals surface area contributed by atoms with Gasteiger partial charge in [-0.3, -0.25) is 19.5 Å². The van der Waals surface area contributed by atoms with Crippen molar-refractivity contribution in [3.63, 3.8) is 0 Å². The van der Waals surface area contributed by atoms with Gasteiger partial charge >= 0.3 is 0 Å². The van der Waals surface area contributed by atoms with Crippen LogP contribution in [0.5, 0.6) is 0 Å². The van der Waals surface area contributed by atoms with Crippen molar-refractivity contribution in [3.05, 3.63) is 88.4 Å². The molecule has 0 radical (unpaired) electrons. The lowest BCUT2D eigenvalue weighted by Crippen LogP contribution is -2.05. The lowest BCUT2D eigenvalue weighted by atomic mass is 10.1. The number of thioether (sulfide) groups is 1. The molecule has 30 heavy (non-hydrogen) atoms. The summed E-state index contributed by atoms with van der Waals surface area (Å²) in [6.45, 7) is 0. The lowest BCUT2D eigenvalue weighted by molar-refractivity contribution is -0.384. The maximum Gasteiger partial charge on any atom is 0.270 e. The van der Waals surface area contributed by atoms with E-state index in [4.69, 9.17) is 4.42 Å². The first kappa shape index (κ1) is 19.5. The van der Waals surface area contributed by atoms with Crippen molar-refractivity contribution < 1.29 is 18.5 Å². The molecule has 0 saturated heterocycles. The molecule has 4 aromatic rings. The topological polar surface area (TPSA) is 104 Å². The Morgan fingerprint density at radius 1 is 1.13 bits per heavy atom. The van der Waals surface area contributed by atoms with Crippen LogP contribution < -0.4 is 0 Å². The highest BCUT2D eigenvalue weighted by molar-refractivity contribution is 7.99. The van der Waals surface area contributed by atoms with Crippen LogP contribution in [0, 0.1) is 15.9 Å². The van der Waals surface area contributed by atoms with Crippen LogP contribution in [-0.4, -0.2) is 31.2 Å². The first-order valence-corrected chi connectivity index (χ1v) is 9.67. The standard InChI is InChI=1S/C20H13FN4O4S/c21-14-6-8-15(9-7-14)24-19(18-5-2-10-29-18)22-23-20(24)30-12-17(26)13-3-1-4-16(11-13)25(27)28/h1-11H,12H2. The van der Waals surface area contributed by atoms with E-state index in [1.165, 1.54) is 42.7 Å². The highest BCUT2D eigenvalue weighted by atomic mass is 32.2. The zero-order chi connectivity index (χ0) is 21.1. The number of non-ortho nitro benzene ring substituents is 1. The Hall–Kier alpha value is -3.79. The van der Waals surface area contributed by atoms with E-state index in [0.29, 0.717) is 22.4 Å². The summed E-state index contributed by atoms with van der Waals surface area (Å²) >= 11 is 1.12. The van der Waals surface area contributed by atoms with Gasteiger partial charge in [0.15, 0.2) is 16.7 Å². The van der Waals surface area contributed by atoms with E-state index in [2.05, 4.69) is 10.2 Å². The molecular formula is C20H13FN4O4S. The van der Waals surface area contributed by atoms with Gasteiger partial charge in [-0.2, -0.15) is 0 Å². The maximum absolute atomic E-state index is 13.4. The van der Waals surface area contributed by atoms with Crippen molar-refractivity contribution >= 4 is 23.2 Å². The van der Waals surface area contributed by atoms with Gasteiger partial charge in [0, 0.05) is 17.7 Å². The normalized spacial score (nSPS) is 10.8. The minimum Gasteiger partial charge on any atom is -0.461 e. The molecule has 2 aromatic heterocycles. The highest BCUT2D eigenvalue weighted by Gasteiger charge is 2.20. The molecule has 0 amide bonds. The zero-order valence-electron chi connectivity index (χ0n) is 15.3. The van der Waals surface area contributed by atoms with Crippen molar-refractivity contribution in [1.82, 2.24) is 14.8 Å². The number of halogens is 1. The molecule has 0 bridgehead atoms. The van der Waals surface area contributed by atoms with E-state index in [9.17, 15) is 19.3 Å². The van der Waals surface area contributed by atoms with E-state index in [0.717, 1.165) is 11.8 Å². The van der Waals surface area contributed by atoms with Crippen LogP contribution in [0.25, 0.3) is 17.3 Å². The van der Waals surface area contributed by atoms with E-state index < -0.39 is 4.92 Å². The fourth-order valence-corrected chi connectivity index (χ4v) is 3.60. The van der Waals surface area contributed by atoms with Gasteiger partial charge in [-0.1, -0.05) is 23.9 Å². The summed E-state index contributed by atoms with van der Waals surface area (Å²) < 4.78 is 20.4. The van der Waals surface area contributed by atoms with Gasteiger partial charge in [0.1, 0.15) is 5.82 Å². The monoisotopic (exact) mass is 424 g/mol. The number of carbonyl (C=O) groups is 1. The number of ketones is 1. The number of nitro groups is 1. The van der Waals surface area contributed by atoms with E-state index >= 15 is 0 Å². The minimum atomic E-state index is -0.551. The Morgan fingerprint density at radius 3 is 2.63 bits per heavy atom. The smallest absolute Gasteiger partial charge is 0.270 e. The third kappa shape index (κ3) is 3.98. The lowest BCUT2D eigenvalue weighted by Gasteiger charge is -2.09. The molecule has 2 heterocycles. The molecule has 0 atom stereocenters. The van der Waals surface area contributed by atoms with Gasteiger partial charge in [-0.05, 0) is 36.4 Å². The fraction of sp³-hybridized carbons (Fsp3) is 0.0500. The SMILES string of the molecule is O=C(CSc1nnc(-c2ccco2)n1-c1ccc(F)cc1)c1cccc([N+](=O)[O-])c1. The summed E-state index contributed by atoms with van der Waals surface area (Å²) in [4.78, 5) is 22.9.